The van der Waals surface area contributed by atoms with Crippen LogP contribution < -0.4 is 0 Å². The summed E-state index contributed by atoms with van der Waals surface area (Å²) in [7, 11) is 1.54. The van der Waals surface area contributed by atoms with E-state index < -0.39 is 37.6 Å². The number of hydrogen-bond donors (Lipinski definition) is 1. The quantitative estimate of drug-likeness (QED) is 0.295. The van der Waals surface area contributed by atoms with Crippen LogP contribution >= 0.6 is 0 Å². The molecule has 0 saturated heterocycles. The first-order valence-electron chi connectivity index (χ1n) is 7.66. The van der Waals surface area contributed by atoms with Crippen LogP contribution in [-0.2, 0) is 23.7 Å². The Kier molecular flexibility index (Phi) is 12.4. The number of methoxy groups -OCH3 is 1. The number of alkyl halides is 6. The van der Waals surface area contributed by atoms with E-state index in [0.717, 1.165) is 0 Å². The Morgan fingerprint density at radius 2 is 1.00 bits per heavy atom. The molecule has 1 N–H and O–H groups in total. The second-order valence-corrected chi connectivity index (χ2v) is 5.02. The Labute approximate surface area is 147 Å². The average molecular weight is 402 g/mol. The van der Waals surface area contributed by atoms with E-state index in [1.54, 1.807) is 0 Å². The molecule has 12 heteroatoms. The Bertz CT molecular complexity index is 359. The maximum absolute atomic E-state index is 13.2. The van der Waals surface area contributed by atoms with Crippen LogP contribution in [-0.4, -0.2) is 96.1 Å². The van der Waals surface area contributed by atoms with Crippen molar-refractivity contribution in [3.05, 3.63) is 0 Å². The summed E-state index contributed by atoms with van der Waals surface area (Å²) in [5.41, 5.74) is 0. The molecule has 6 nitrogen and oxygen atoms in total. The molecule has 0 unspecified atom stereocenters. The normalized spacial score (nSPS) is 13.4. The lowest BCUT2D eigenvalue weighted by atomic mass is 10.1. The van der Waals surface area contributed by atoms with Gasteiger partial charge in [-0.2, -0.15) is 26.3 Å². The number of rotatable bonds is 17. The summed E-state index contributed by atoms with van der Waals surface area (Å²) in [5, 5.41) is 8.13. The smallest absolute Gasteiger partial charge is 0.376 e. The SMILES string of the molecule is COCCOCCOCCOCCOCC(F)(F)C(F)(F)C(F)(F)CO. The lowest BCUT2D eigenvalue weighted by molar-refractivity contribution is -0.326. The van der Waals surface area contributed by atoms with Crippen molar-refractivity contribution in [2.45, 2.75) is 17.8 Å². The molecule has 0 radical (unpaired) electrons. The van der Waals surface area contributed by atoms with Crippen LogP contribution in [0.2, 0.25) is 0 Å². The highest BCUT2D eigenvalue weighted by Gasteiger charge is 2.71. The Morgan fingerprint density at radius 3 is 1.38 bits per heavy atom. The fourth-order valence-corrected chi connectivity index (χ4v) is 1.46. The van der Waals surface area contributed by atoms with E-state index in [1.165, 1.54) is 7.11 Å². The van der Waals surface area contributed by atoms with E-state index in [9.17, 15) is 26.3 Å². The van der Waals surface area contributed by atoms with E-state index in [1.807, 2.05) is 0 Å². The molecule has 0 aromatic heterocycles. The van der Waals surface area contributed by atoms with Crippen LogP contribution in [0, 0.1) is 0 Å². The molecule has 158 valence electrons. The van der Waals surface area contributed by atoms with Gasteiger partial charge in [-0.05, 0) is 0 Å². The Balaban J connectivity index is 3.71. The van der Waals surface area contributed by atoms with E-state index >= 15 is 0 Å². The zero-order chi connectivity index (χ0) is 20.1. The van der Waals surface area contributed by atoms with Crippen molar-refractivity contribution < 1.29 is 55.1 Å². The predicted molar refractivity (Wildman–Crippen MR) is 77.1 cm³/mol. The highest BCUT2D eigenvalue weighted by Crippen LogP contribution is 2.45. The molecular weight excluding hydrogens is 378 g/mol. The highest BCUT2D eigenvalue weighted by molar-refractivity contribution is 4.96. The molecule has 0 amide bonds. The molecule has 0 spiro atoms. The van der Waals surface area contributed by atoms with Gasteiger partial charge in [0.2, 0.25) is 0 Å². The zero-order valence-corrected chi connectivity index (χ0v) is 14.3. The van der Waals surface area contributed by atoms with Gasteiger partial charge in [-0.25, -0.2) is 0 Å². The number of aliphatic hydroxyl groups excluding tert-OH is 1. The van der Waals surface area contributed by atoms with E-state index in [0.29, 0.717) is 26.4 Å². The van der Waals surface area contributed by atoms with Gasteiger partial charge >= 0.3 is 17.8 Å². The van der Waals surface area contributed by atoms with Crippen LogP contribution in [0.3, 0.4) is 0 Å². The highest BCUT2D eigenvalue weighted by atomic mass is 19.3. The summed E-state index contributed by atoms with van der Waals surface area (Å²) in [6.07, 6.45) is 0. The summed E-state index contributed by atoms with van der Waals surface area (Å²) in [6, 6.07) is 0. The van der Waals surface area contributed by atoms with Gasteiger partial charge in [0, 0.05) is 7.11 Å². The maximum Gasteiger partial charge on any atom is 0.376 e. The summed E-state index contributed by atoms with van der Waals surface area (Å²) in [5.74, 6) is -16.2. The molecule has 0 aliphatic rings. The third-order valence-electron chi connectivity index (χ3n) is 2.95. The van der Waals surface area contributed by atoms with Gasteiger partial charge < -0.3 is 28.8 Å². The number of hydrogen-bond acceptors (Lipinski definition) is 6. The van der Waals surface area contributed by atoms with Crippen LogP contribution in [0.25, 0.3) is 0 Å². The van der Waals surface area contributed by atoms with Crippen molar-refractivity contribution in [3.8, 4) is 0 Å². The first-order chi connectivity index (χ1) is 12.1. The van der Waals surface area contributed by atoms with Crippen molar-refractivity contribution in [2.24, 2.45) is 0 Å². The van der Waals surface area contributed by atoms with Crippen molar-refractivity contribution >= 4 is 0 Å². The third-order valence-corrected chi connectivity index (χ3v) is 2.95. The summed E-state index contributed by atoms with van der Waals surface area (Å²) in [6.45, 7) is -3.22. The number of aliphatic hydroxyl groups is 1. The van der Waals surface area contributed by atoms with Gasteiger partial charge in [0.25, 0.3) is 0 Å². The van der Waals surface area contributed by atoms with Crippen molar-refractivity contribution in [1.29, 1.82) is 0 Å². The molecule has 26 heavy (non-hydrogen) atoms. The van der Waals surface area contributed by atoms with Crippen LogP contribution in [0.1, 0.15) is 0 Å². The maximum atomic E-state index is 13.2. The molecule has 0 heterocycles. The predicted octanol–water partition coefficient (Wildman–Crippen LogP) is 1.60. The van der Waals surface area contributed by atoms with Gasteiger partial charge in [-0.1, -0.05) is 0 Å². The molecular formula is C14H24F6O6. The van der Waals surface area contributed by atoms with E-state index in [4.69, 9.17) is 24.1 Å². The van der Waals surface area contributed by atoms with Crippen molar-refractivity contribution in [3.63, 3.8) is 0 Å². The average Bonchev–Trinajstić information content (AvgIpc) is 2.58. The minimum absolute atomic E-state index is 0.0938. The largest absolute Gasteiger partial charge is 0.390 e. The van der Waals surface area contributed by atoms with Gasteiger partial charge in [0.15, 0.2) is 0 Å². The van der Waals surface area contributed by atoms with Crippen LogP contribution in [0.15, 0.2) is 0 Å². The fraction of sp³-hybridized carbons (Fsp3) is 1.00. The van der Waals surface area contributed by atoms with Gasteiger partial charge in [0.1, 0.15) is 13.2 Å². The van der Waals surface area contributed by atoms with Crippen molar-refractivity contribution in [2.75, 3.05) is 73.2 Å². The lowest BCUT2D eigenvalue weighted by Gasteiger charge is -2.31. The van der Waals surface area contributed by atoms with Gasteiger partial charge in [-0.3, -0.25) is 0 Å². The standard InChI is InChI=1S/C14H24F6O6/c1-22-2-3-23-4-5-24-6-7-25-8-9-26-11-13(17,18)14(19,20)12(15,16)10-21/h21H,2-11H2,1H3. The van der Waals surface area contributed by atoms with Crippen LogP contribution in [0.5, 0.6) is 0 Å². The third kappa shape index (κ3) is 8.82. The minimum atomic E-state index is -5.74. The van der Waals surface area contributed by atoms with Gasteiger partial charge in [-0.15, -0.1) is 0 Å². The monoisotopic (exact) mass is 402 g/mol. The van der Waals surface area contributed by atoms with E-state index in [2.05, 4.69) is 4.74 Å². The summed E-state index contributed by atoms with van der Waals surface area (Å²) < 4.78 is 102. The first-order valence-corrected chi connectivity index (χ1v) is 7.66. The molecule has 0 bridgehead atoms. The molecule has 0 aromatic carbocycles. The molecule has 0 atom stereocenters. The molecule has 0 saturated carbocycles. The number of halogens is 6. The Morgan fingerprint density at radius 1 is 0.615 bits per heavy atom. The first kappa shape index (κ1) is 25.3. The summed E-state index contributed by atoms with van der Waals surface area (Å²) >= 11 is 0. The summed E-state index contributed by atoms with van der Waals surface area (Å²) in [4.78, 5) is 0. The molecule has 0 rings (SSSR count). The second-order valence-electron chi connectivity index (χ2n) is 5.02. The zero-order valence-electron chi connectivity index (χ0n) is 14.3. The number of ether oxygens (including phenoxy) is 5. The van der Waals surface area contributed by atoms with E-state index in [-0.39, 0.29) is 19.8 Å². The lowest BCUT2D eigenvalue weighted by Crippen LogP contribution is -2.57. The van der Waals surface area contributed by atoms with Crippen LogP contribution in [0.4, 0.5) is 26.3 Å². The Hall–Kier alpha value is -0.660. The van der Waals surface area contributed by atoms with Crippen molar-refractivity contribution in [1.82, 2.24) is 0 Å². The molecule has 0 fully saturated rings. The molecule has 0 aromatic rings. The molecule has 0 aliphatic carbocycles. The topological polar surface area (TPSA) is 66.4 Å². The minimum Gasteiger partial charge on any atom is -0.390 e. The van der Waals surface area contributed by atoms with Gasteiger partial charge in [0.05, 0.1) is 52.9 Å². The second kappa shape index (κ2) is 12.7. The fourth-order valence-electron chi connectivity index (χ4n) is 1.46. The molecule has 0 aliphatic heterocycles.